The summed E-state index contributed by atoms with van der Waals surface area (Å²) in [5.41, 5.74) is 3.59. The third-order valence-electron chi connectivity index (χ3n) is 4.97. The molecule has 31 heavy (non-hydrogen) atoms. The summed E-state index contributed by atoms with van der Waals surface area (Å²) < 4.78 is 5.90. The topological polar surface area (TPSA) is 67.4 Å². The van der Waals surface area contributed by atoms with Gasteiger partial charge in [0, 0.05) is 17.3 Å². The van der Waals surface area contributed by atoms with Crippen LogP contribution >= 0.6 is 0 Å². The van der Waals surface area contributed by atoms with Crippen LogP contribution in [0.3, 0.4) is 0 Å². The Balaban J connectivity index is 2.03. The van der Waals surface area contributed by atoms with Crippen LogP contribution in [0, 0.1) is 5.92 Å². The number of hydrogen-bond acceptors (Lipinski definition) is 3. The second-order valence-electron chi connectivity index (χ2n) is 10.3. The van der Waals surface area contributed by atoms with Crippen molar-refractivity contribution in [2.45, 2.75) is 66.2 Å². The normalized spacial score (nSPS) is 11.9. The first-order chi connectivity index (χ1) is 14.3. The first kappa shape index (κ1) is 24.4. The number of anilines is 2. The Morgan fingerprint density at radius 3 is 1.87 bits per heavy atom. The summed E-state index contributed by atoms with van der Waals surface area (Å²) in [6.45, 7) is 16.6. The van der Waals surface area contributed by atoms with E-state index in [9.17, 15) is 9.59 Å². The van der Waals surface area contributed by atoms with Gasteiger partial charge in [0.1, 0.15) is 5.75 Å². The van der Waals surface area contributed by atoms with Crippen molar-refractivity contribution in [3.8, 4) is 5.75 Å². The van der Waals surface area contributed by atoms with Gasteiger partial charge in [-0.2, -0.15) is 0 Å². The van der Waals surface area contributed by atoms with Crippen LogP contribution in [-0.4, -0.2) is 18.4 Å². The van der Waals surface area contributed by atoms with Crippen LogP contribution in [0.2, 0.25) is 0 Å². The zero-order valence-corrected chi connectivity index (χ0v) is 20.1. The molecule has 2 rings (SSSR count). The van der Waals surface area contributed by atoms with E-state index in [0.29, 0.717) is 11.4 Å². The van der Waals surface area contributed by atoms with Crippen LogP contribution in [0.5, 0.6) is 5.75 Å². The summed E-state index contributed by atoms with van der Waals surface area (Å²) in [5.74, 6) is 0.352. The molecule has 0 heterocycles. The van der Waals surface area contributed by atoms with E-state index in [4.69, 9.17) is 4.74 Å². The monoisotopic (exact) mass is 424 g/mol. The molecule has 0 saturated carbocycles. The van der Waals surface area contributed by atoms with E-state index in [-0.39, 0.29) is 35.2 Å². The van der Waals surface area contributed by atoms with Crippen molar-refractivity contribution in [2.75, 3.05) is 17.2 Å². The number of ether oxygens (including phenoxy) is 1. The molecular weight excluding hydrogens is 388 g/mol. The minimum Gasteiger partial charge on any atom is -0.483 e. The standard InChI is InChI=1S/C26H36N2O3/c1-17(2)24(30)28-20-12-10-19(11-13-20)27-23(29)16-31-22-14-9-18(25(3,4)5)15-21(22)26(6,7)8/h9-15,17H,16H2,1-8H3,(H,27,29)(H,28,30). The highest BCUT2D eigenvalue weighted by Gasteiger charge is 2.23. The lowest BCUT2D eigenvalue weighted by atomic mass is 9.80. The number of carbonyl (C=O) groups is 2. The predicted octanol–water partition coefficient (Wildman–Crippen LogP) is 5.89. The Labute approximate surface area is 186 Å². The van der Waals surface area contributed by atoms with Crippen LogP contribution in [0.4, 0.5) is 11.4 Å². The van der Waals surface area contributed by atoms with Crippen molar-refractivity contribution < 1.29 is 14.3 Å². The molecule has 0 atom stereocenters. The van der Waals surface area contributed by atoms with E-state index in [1.807, 2.05) is 19.9 Å². The van der Waals surface area contributed by atoms with Crippen molar-refractivity contribution in [2.24, 2.45) is 5.92 Å². The molecule has 0 unspecified atom stereocenters. The van der Waals surface area contributed by atoms with Gasteiger partial charge in [0.2, 0.25) is 5.91 Å². The SMILES string of the molecule is CC(C)C(=O)Nc1ccc(NC(=O)COc2ccc(C(C)(C)C)cc2C(C)(C)C)cc1. The van der Waals surface area contributed by atoms with E-state index < -0.39 is 0 Å². The van der Waals surface area contributed by atoms with Crippen LogP contribution in [-0.2, 0) is 20.4 Å². The largest absolute Gasteiger partial charge is 0.483 e. The van der Waals surface area contributed by atoms with E-state index in [1.165, 1.54) is 5.56 Å². The zero-order chi connectivity index (χ0) is 23.4. The molecule has 0 bridgehead atoms. The van der Waals surface area contributed by atoms with Crippen molar-refractivity contribution >= 4 is 23.2 Å². The number of amides is 2. The van der Waals surface area contributed by atoms with Crippen molar-refractivity contribution in [1.29, 1.82) is 0 Å². The molecule has 0 saturated heterocycles. The Morgan fingerprint density at radius 1 is 0.839 bits per heavy atom. The fourth-order valence-electron chi connectivity index (χ4n) is 2.97. The number of hydrogen-bond donors (Lipinski definition) is 2. The Kier molecular flexibility index (Phi) is 7.53. The molecule has 0 spiro atoms. The molecule has 2 aromatic rings. The lowest BCUT2D eigenvalue weighted by molar-refractivity contribution is -0.119. The third kappa shape index (κ3) is 7.12. The average Bonchev–Trinajstić information content (AvgIpc) is 2.66. The predicted molar refractivity (Wildman–Crippen MR) is 128 cm³/mol. The first-order valence-electron chi connectivity index (χ1n) is 10.8. The fourth-order valence-corrected chi connectivity index (χ4v) is 2.97. The minimum absolute atomic E-state index is 0.0384. The molecule has 2 N–H and O–H groups in total. The number of benzene rings is 2. The van der Waals surface area contributed by atoms with E-state index >= 15 is 0 Å². The van der Waals surface area contributed by atoms with Crippen molar-refractivity contribution in [1.82, 2.24) is 0 Å². The highest BCUT2D eigenvalue weighted by molar-refractivity contribution is 5.94. The molecule has 2 aromatic carbocycles. The minimum atomic E-state index is -0.237. The van der Waals surface area contributed by atoms with Gasteiger partial charge in [-0.05, 0) is 52.3 Å². The molecule has 0 aliphatic heterocycles. The second kappa shape index (κ2) is 9.54. The smallest absolute Gasteiger partial charge is 0.262 e. The number of nitrogens with one attached hydrogen (secondary N) is 2. The summed E-state index contributed by atoms with van der Waals surface area (Å²) in [7, 11) is 0. The van der Waals surface area contributed by atoms with E-state index in [1.54, 1.807) is 24.3 Å². The van der Waals surface area contributed by atoms with Gasteiger partial charge in [0.05, 0.1) is 0 Å². The molecule has 5 heteroatoms. The highest BCUT2D eigenvalue weighted by atomic mass is 16.5. The van der Waals surface area contributed by atoms with Gasteiger partial charge in [-0.15, -0.1) is 0 Å². The summed E-state index contributed by atoms with van der Waals surface area (Å²) in [5, 5.41) is 5.66. The lowest BCUT2D eigenvalue weighted by Crippen LogP contribution is -2.23. The van der Waals surface area contributed by atoms with Crippen LogP contribution in [0.15, 0.2) is 42.5 Å². The van der Waals surface area contributed by atoms with Gasteiger partial charge in [-0.3, -0.25) is 9.59 Å². The molecule has 0 aliphatic carbocycles. The molecule has 0 aliphatic rings. The Morgan fingerprint density at radius 2 is 1.39 bits per heavy atom. The van der Waals surface area contributed by atoms with Gasteiger partial charge >= 0.3 is 0 Å². The van der Waals surface area contributed by atoms with Gasteiger partial charge in [0.25, 0.3) is 5.91 Å². The van der Waals surface area contributed by atoms with E-state index in [2.05, 4.69) is 64.3 Å². The summed E-state index contributed by atoms with van der Waals surface area (Å²) >= 11 is 0. The van der Waals surface area contributed by atoms with Crippen LogP contribution < -0.4 is 15.4 Å². The zero-order valence-electron chi connectivity index (χ0n) is 20.1. The van der Waals surface area contributed by atoms with Gasteiger partial charge < -0.3 is 15.4 Å². The van der Waals surface area contributed by atoms with Gasteiger partial charge in [-0.1, -0.05) is 67.5 Å². The summed E-state index contributed by atoms with van der Waals surface area (Å²) in [6.07, 6.45) is 0. The van der Waals surface area contributed by atoms with Crippen LogP contribution in [0.25, 0.3) is 0 Å². The second-order valence-corrected chi connectivity index (χ2v) is 10.3. The molecule has 2 amide bonds. The maximum Gasteiger partial charge on any atom is 0.262 e. The third-order valence-corrected chi connectivity index (χ3v) is 4.97. The summed E-state index contributed by atoms with van der Waals surface area (Å²) in [4.78, 5) is 24.2. The first-order valence-corrected chi connectivity index (χ1v) is 10.8. The number of carbonyl (C=O) groups excluding carboxylic acids is 2. The molecule has 0 aromatic heterocycles. The van der Waals surface area contributed by atoms with Gasteiger partial charge in [-0.25, -0.2) is 0 Å². The summed E-state index contributed by atoms with van der Waals surface area (Å²) in [6, 6.07) is 13.2. The Bertz CT molecular complexity index is 917. The van der Waals surface area contributed by atoms with Crippen molar-refractivity contribution in [3.63, 3.8) is 0 Å². The molecule has 168 valence electrons. The highest BCUT2D eigenvalue weighted by Crippen LogP contribution is 2.35. The molecular formula is C26H36N2O3. The molecule has 0 radical (unpaired) electrons. The Hall–Kier alpha value is -2.82. The van der Waals surface area contributed by atoms with Crippen molar-refractivity contribution in [3.05, 3.63) is 53.6 Å². The number of rotatable bonds is 6. The maximum absolute atomic E-state index is 12.4. The molecule has 5 nitrogen and oxygen atoms in total. The maximum atomic E-state index is 12.4. The average molecular weight is 425 g/mol. The quantitative estimate of drug-likeness (QED) is 0.607. The van der Waals surface area contributed by atoms with E-state index in [0.717, 1.165) is 11.3 Å². The fraction of sp³-hybridized carbons (Fsp3) is 0.462. The molecule has 0 fully saturated rings. The van der Waals surface area contributed by atoms with Gasteiger partial charge in [0.15, 0.2) is 6.61 Å². The van der Waals surface area contributed by atoms with Crippen LogP contribution in [0.1, 0.15) is 66.5 Å². The lowest BCUT2D eigenvalue weighted by Gasteiger charge is -2.27.